The van der Waals surface area contributed by atoms with E-state index < -0.39 is 0 Å². The number of anilines is 1. The normalized spacial score (nSPS) is 9.70. The summed E-state index contributed by atoms with van der Waals surface area (Å²) in [6.07, 6.45) is 1.43. The molecule has 4 N–H and O–H groups in total. The number of nitrogens with one attached hydrogen (secondary N) is 1. The molecule has 0 aromatic carbocycles. The molecule has 0 fully saturated rings. The van der Waals surface area contributed by atoms with Gasteiger partial charge in [-0.15, -0.1) is 0 Å². The Morgan fingerprint density at radius 3 is 2.90 bits per heavy atom. The summed E-state index contributed by atoms with van der Waals surface area (Å²) in [5.41, 5.74) is 5.66. The van der Waals surface area contributed by atoms with Crippen LogP contribution in [0.4, 0.5) is 5.69 Å². The molecule has 0 atom stereocenters. The first-order chi connectivity index (χ1) is 4.74. The minimum absolute atomic E-state index is 0.110. The maximum atomic E-state index is 10.6. The van der Waals surface area contributed by atoms with Gasteiger partial charge in [0.25, 0.3) is 5.56 Å². The summed E-state index contributed by atoms with van der Waals surface area (Å²) in [5.74, 6) is 0. The van der Waals surface area contributed by atoms with Gasteiger partial charge in [0.2, 0.25) is 0 Å². The third-order valence-electron chi connectivity index (χ3n) is 1.17. The lowest BCUT2D eigenvalue weighted by Gasteiger charge is -1.94. The average Bonchev–Trinajstić information content (AvgIpc) is 1.95. The molecule has 1 aromatic heterocycles. The van der Waals surface area contributed by atoms with Gasteiger partial charge >= 0.3 is 0 Å². The lowest BCUT2D eigenvalue weighted by atomic mass is 10.3. The molecule has 0 aliphatic carbocycles. The fourth-order valence-electron chi connectivity index (χ4n) is 0.640. The van der Waals surface area contributed by atoms with Crippen LogP contribution in [0, 0.1) is 0 Å². The molecule has 54 valence electrons. The number of aromatic amines is 1. The van der Waals surface area contributed by atoms with E-state index in [0.717, 1.165) is 0 Å². The van der Waals surface area contributed by atoms with E-state index in [2.05, 4.69) is 4.98 Å². The van der Waals surface area contributed by atoms with Gasteiger partial charge in [-0.05, 0) is 11.6 Å². The molecule has 1 heterocycles. The largest absolute Gasteiger partial charge is 0.394 e. The number of aliphatic hydroxyl groups is 1. The van der Waals surface area contributed by atoms with Crippen LogP contribution in [0.25, 0.3) is 0 Å². The zero-order valence-corrected chi connectivity index (χ0v) is 5.29. The number of pyridine rings is 1. The van der Waals surface area contributed by atoms with Crippen molar-refractivity contribution < 1.29 is 5.11 Å². The van der Waals surface area contributed by atoms with E-state index in [-0.39, 0.29) is 17.9 Å². The number of H-pyrrole nitrogens is 1. The van der Waals surface area contributed by atoms with Gasteiger partial charge in [0.15, 0.2) is 0 Å². The number of aromatic nitrogens is 1. The van der Waals surface area contributed by atoms with Crippen molar-refractivity contribution in [3.8, 4) is 0 Å². The maximum Gasteiger partial charge on any atom is 0.271 e. The van der Waals surface area contributed by atoms with Gasteiger partial charge in [-0.1, -0.05) is 0 Å². The molecule has 0 aliphatic heterocycles. The molecule has 10 heavy (non-hydrogen) atoms. The molecule has 4 nitrogen and oxygen atoms in total. The van der Waals surface area contributed by atoms with Gasteiger partial charge in [-0.2, -0.15) is 0 Å². The fraction of sp³-hybridized carbons (Fsp3) is 0.167. The van der Waals surface area contributed by atoms with Crippen molar-refractivity contribution in [2.45, 2.75) is 6.61 Å². The Bertz CT molecular complexity index is 279. The number of nitrogens with two attached hydrogens (primary N) is 1. The summed E-state index contributed by atoms with van der Waals surface area (Å²) in [7, 11) is 0. The van der Waals surface area contributed by atoms with Crippen LogP contribution < -0.4 is 11.3 Å². The van der Waals surface area contributed by atoms with Gasteiger partial charge < -0.3 is 15.8 Å². The minimum atomic E-state index is -0.322. The molecule has 0 saturated heterocycles. The predicted octanol–water partition coefficient (Wildman–Crippen LogP) is -0.551. The number of rotatable bonds is 1. The predicted molar refractivity (Wildman–Crippen MR) is 37.4 cm³/mol. The van der Waals surface area contributed by atoms with Crippen LogP contribution in [-0.2, 0) is 6.61 Å². The highest BCUT2D eigenvalue weighted by atomic mass is 16.3. The molecule has 0 amide bonds. The third-order valence-corrected chi connectivity index (χ3v) is 1.17. The lowest BCUT2D eigenvalue weighted by Crippen LogP contribution is -2.11. The Morgan fingerprint density at radius 2 is 2.40 bits per heavy atom. The monoisotopic (exact) mass is 140 g/mol. The van der Waals surface area contributed by atoms with Crippen LogP contribution in [0.3, 0.4) is 0 Å². The van der Waals surface area contributed by atoms with Gasteiger partial charge in [0.1, 0.15) is 0 Å². The van der Waals surface area contributed by atoms with Gasteiger partial charge in [-0.25, -0.2) is 0 Å². The van der Waals surface area contributed by atoms with E-state index in [1.165, 1.54) is 12.3 Å². The number of aliphatic hydroxyl groups excluding tert-OH is 1. The van der Waals surface area contributed by atoms with Crippen LogP contribution in [0.5, 0.6) is 0 Å². The second-order valence-electron chi connectivity index (χ2n) is 1.95. The van der Waals surface area contributed by atoms with Crippen LogP contribution >= 0.6 is 0 Å². The van der Waals surface area contributed by atoms with Gasteiger partial charge in [0.05, 0.1) is 12.3 Å². The highest BCUT2D eigenvalue weighted by Crippen LogP contribution is 1.97. The van der Waals surface area contributed by atoms with Gasteiger partial charge in [-0.3, -0.25) is 4.79 Å². The first-order valence-electron chi connectivity index (χ1n) is 2.82. The standard InChI is InChI=1S/C6H8N2O2/c7-5-1-4(3-9)2-8-6(5)10/h1-2,9H,3,7H2,(H,8,10). The molecule has 0 radical (unpaired) electrons. The second-order valence-corrected chi connectivity index (χ2v) is 1.95. The molecule has 0 unspecified atom stereocenters. The highest BCUT2D eigenvalue weighted by molar-refractivity contribution is 5.36. The SMILES string of the molecule is Nc1cc(CO)c[nH]c1=O. The zero-order valence-electron chi connectivity index (χ0n) is 5.29. The molecule has 4 heteroatoms. The van der Waals surface area contributed by atoms with Crippen molar-refractivity contribution in [2.24, 2.45) is 0 Å². The molecule has 0 saturated carbocycles. The topological polar surface area (TPSA) is 79.1 Å². The second kappa shape index (κ2) is 2.53. The molecular weight excluding hydrogens is 132 g/mol. The quantitative estimate of drug-likeness (QED) is 0.489. The zero-order chi connectivity index (χ0) is 7.56. The Balaban J connectivity index is 3.17. The van der Waals surface area contributed by atoms with E-state index in [4.69, 9.17) is 10.8 Å². The van der Waals surface area contributed by atoms with Crippen molar-refractivity contribution in [2.75, 3.05) is 5.73 Å². The summed E-state index contributed by atoms with van der Waals surface area (Å²) < 4.78 is 0. The Labute approximate surface area is 57.3 Å². The summed E-state index contributed by atoms with van der Waals surface area (Å²) in [6, 6.07) is 1.44. The van der Waals surface area contributed by atoms with Crippen molar-refractivity contribution in [3.05, 3.63) is 28.2 Å². The summed E-state index contributed by atoms with van der Waals surface area (Å²) in [6.45, 7) is -0.110. The lowest BCUT2D eigenvalue weighted by molar-refractivity contribution is 0.281. The fourth-order valence-corrected chi connectivity index (χ4v) is 0.640. The van der Waals surface area contributed by atoms with Crippen LogP contribution in [0.2, 0.25) is 0 Å². The maximum absolute atomic E-state index is 10.6. The van der Waals surface area contributed by atoms with Crippen LogP contribution in [0.1, 0.15) is 5.56 Å². The van der Waals surface area contributed by atoms with Crippen LogP contribution in [-0.4, -0.2) is 10.1 Å². The summed E-state index contributed by atoms with van der Waals surface area (Å²) in [5, 5.41) is 8.58. The van der Waals surface area contributed by atoms with E-state index in [1.54, 1.807) is 0 Å². The smallest absolute Gasteiger partial charge is 0.271 e. The van der Waals surface area contributed by atoms with Gasteiger partial charge in [0, 0.05) is 6.20 Å². The third kappa shape index (κ3) is 1.16. The number of hydrogen-bond acceptors (Lipinski definition) is 3. The Morgan fingerprint density at radius 1 is 1.70 bits per heavy atom. The van der Waals surface area contributed by atoms with E-state index >= 15 is 0 Å². The van der Waals surface area contributed by atoms with Crippen molar-refractivity contribution >= 4 is 5.69 Å². The van der Waals surface area contributed by atoms with E-state index in [0.29, 0.717) is 5.56 Å². The number of hydrogen-bond donors (Lipinski definition) is 3. The van der Waals surface area contributed by atoms with Crippen molar-refractivity contribution in [1.82, 2.24) is 4.98 Å². The van der Waals surface area contributed by atoms with E-state index in [1.807, 2.05) is 0 Å². The van der Waals surface area contributed by atoms with Crippen molar-refractivity contribution in [3.63, 3.8) is 0 Å². The van der Waals surface area contributed by atoms with E-state index in [9.17, 15) is 4.79 Å². The summed E-state index contributed by atoms with van der Waals surface area (Å²) in [4.78, 5) is 13.0. The molecular formula is C6H8N2O2. The summed E-state index contributed by atoms with van der Waals surface area (Å²) >= 11 is 0. The average molecular weight is 140 g/mol. The van der Waals surface area contributed by atoms with Crippen LogP contribution in [0.15, 0.2) is 17.1 Å². The molecule has 0 aliphatic rings. The minimum Gasteiger partial charge on any atom is -0.394 e. The molecule has 0 bridgehead atoms. The Kier molecular flexibility index (Phi) is 1.73. The van der Waals surface area contributed by atoms with Crippen molar-refractivity contribution in [1.29, 1.82) is 0 Å². The Hall–Kier alpha value is -1.29. The highest BCUT2D eigenvalue weighted by Gasteiger charge is 1.93. The first-order valence-corrected chi connectivity index (χ1v) is 2.82. The first kappa shape index (κ1) is 6.82. The molecule has 1 aromatic rings. The number of nitrogen functional groups attached to an aromatic ring is 1. The molecule has 0 spiro atoms. The molecule has 1 rings (SSSR count).